The van der Waals surface area contributed by atoms with E-state index in [9.17, 15) is 4.79 Å². The van der Waals surface area contributed by atoms with Gasteiger partial charge in [-0.1, -0.05) is 12.1 Å². The van der Waals surface area contributed by atoms with Gasteiger partial charge >= 0.3 is 0 Å². The average Bonchev–Trinajstić information content (AvgIpc) is 2.90. The van der Waals surface area contributed by atoms with E-state index in [1.807, 2.05) is 36.6 Å². The van der Waals surface area contributed by atoms with Crippen LogP contribution in [0.1, 0.15) is 29.3 Å². The van der Waals surface area contributed by atoms with Gasteiger partial charge in [0.05, 0.1) is 6.61 Å². The molecule has 0 spiro atoms. The van der Waals surface area contributed by atoms with E-state index in [0.29, 0.717) is 13.0 Å². The molecule has 0 aliphatic carbocycles. The van der Waals surface area contributed by atoms with Gasteiger partial charge in [0.15, 0.2) is 5.78 Å². The fourth-order valence-corrected chi connectivity index (χ4v) is 2.47. The van der Waals surface area contributed by atoms with Crippen molar-refractivity contribution < 1.29 is 9.53 Å². The molecule has 0 aliphatic heterocycles. The highest BCUT2D eigenvalue weighted by Gasteiger charge is 2.07. The van der Waals surface area contributed by atoms with Gasteiger partial charge in [0.25, 0.3) is 0 Å². The number of thiophene rings is 1. The molecule has 0 N–H and O–H groups in total. The van der Waals surface area contributed by atoms with Gasteiger partial charge in [0.1, 0.15) is 5.75 Å². The molecule has 18 heavy (non-hydrogen) atoms. The second kappa shape index (κ2) is 6.36. The molecule has 0 bridgehead atoms. The lowest BCUT2D eigenvalue weighted by Gasteiger charge is -2.05. The molecular weight excluding hydrogens is 244 g/mol. The first kappa shape index (κ1) is 12.8. The van der Waals surface area contributed by atoms with E-state index in [1.165, 1.54) is 5.56 Å². The summed E-state index contributed by atoms with van der Waals surface area (Å²) in [5.74, 6) is 0.932. The summed E-state index contributed by atoms with van der Waals surface area (Å²) in [5, 5.41) is 4.12. The number of hydrogen-bond acceptors (Lipinski definition) is 3. The van der Waals surface area contributed by atoms with Gasteiger partial charge in [-0.3, -0.25) is 4.79 Å². The van der Waals surface area contributed by atoms with Crippen molar-refractivity contribution in [1.29, 1.82) is 0 Å². The molecular formula is C15H16O2S. The maximum absolute atomic E-state index is 12.0. The first-order chi connectivity index (χ1) is 8.79. The summed E-state index contributed by atoms with van der Waals surface area (Å²) in [6.45, 7) is 2.55. The maximum atomic E-state index is 12.0. The van der Waals surface area contributed by atoms with Crippen molar-refractivity contribution >= 4 is 17.1 Å². The number of ketones is 1. The number of ether oxygens (including phenoxy) is 1. The summed E-state index contributed by atoms with van der Waals surface area (Å²) in [4.78, 5) is 12.0. The van der Waals surface area contributed by atoms with Crippen LogP contribution in [0.3, 0.4) is 0 Å². The molecule has 1 heterocycles. The zero-order chi connectivity index (χ0) is 12.8. The second-order valence-corrected chi connectivity index (χ2v) is 4.80. The van der Waals surface area contributed by atoms with Gasteiger partial charge in [0.2, 0.25) is 0 Å². The Labute approximate surface area is 111 Å². The number of carbonyl (C=O) groups excluding carboxylic acids is 1. The molecule has 0 unspecified atom stereocenters. The van der Waals surface area contributed by atoms with Gasteiger partial charge in [-0.2, -0.15) is 11.3 Å². The number of carbonyl (C=O) groups is 1. The lowest BCUT2D eigenvalue weighted by molar-refractivity contribution is 0.0982. The van der Waals surface area contributed by atoms with Crippen LogP contribution in [-0.4, -0.2) is 12.4 Å². The third kappa shape index (κ3) is 3.44. The van der Waals surface area contributed by atoms with E-state index in [1.54, 1.807) is 11.3 Å². The molecule has 3 heteroatoms. The summed E-state index contributed by atoms with van der Waals surface area (Å²) >= 11 is 1.66. The van der Waals surface area contributed by atoms with E-state index >= 15 is 0 Å². The minimum Gasteiger partial charge on any atom is -0.494 e. The summed E-state index contributed by atoms with van der Waals surface area (Å²) in [6, 6.07) is 9.47. The zero-order valence-corrected chi connectivity index (χ0v) is 11.2. The Kier molecular flexibility index (Phi) is 4.53. The molecule has 0 radical (unpaired) electrons. The lowest BCUT2D eigenvalue weighted by atomic mass is 10.0. The molecule has 2 nitrogen and oxygen atoms in total. The molecule has 0 atom stereocenters. The van der Waals surface area contributed by atoms with Crippen LogP contribution in [0, 0.1) is 0 Å². The van der Waals surface area contributed by atoms with Crippen molar-refractivity contribution in [1.82, 2.24) is 0 Å². The van der Waals surface area contributed by atoms with Crippen LogP contribution in [0.4, 0.5) is 0 Å². The van der Waals surface area contributed by atoms with Gasteiger partial charge in [-0.05, 0) is 47.9 Å². The van der Waals surface area contributed by atoms with Crippen LogP contribution in [0.25, 0.3) is 0 Å². The van der Waals surface area contributed by atoms with Crippen LogP contribution in [0.15, 0.2) is 41.1 Å². The van der Waals surface area contributed by atoms with Crippen molar-refractivity contribution in [2.75, 3.05) is 6.61 Å². The Balaban J connectivity index is 1.97. The number of aryl methyl sites for hydroxylation is 1. The predicted octanol–water partition coefficient (Wildman–Crippen LogP) is 3.96. The fourth-order valence-electron chi connectivity index (χ4n) is 1.76. The summed E-state index contributed by atoms with van der Waals surface area (Å²) in [6.07, 6.45) is 1.35. The predicted molar refractivity (Wildman–Crippen MR) is 74.6 cm³/mol. The number of hydrogen-bond donors (Lipinski definition) is 0. The maximum Gasteiger partial charge on any atom is 0.163 e. The van der Waals surface area contributed by atoms with E-state index in [-0.39, 0.29) is 5.78 Å². The normalized spacial score (nSPS) is 10.3. The molecule has 0 amide bonds. The molecule has 0 fully saturated rings. The topological polar surface area (TPSA) is 26.3 Å². The van der Waals surface area contributed by atoms with Crippen LogP contribution < -0.4 is 4.74 Å². The molecule has 1 aromatic carbocycles. The first-order valence-electron chi connectivity index (χ1n) is 6.06. The summed E-state index contributed by atoms with van der Waals surface area (Å²) in [7, 11) is 0. The second-order valence-electron chi connectivity index (χ2n) is 4.02. The van der Waals surface area contributed by atoms with Crippen LogP contribution in [0.5, 0.6) is 5.75 Å². The van der Waals surface area contributed by atoms with Crippen LogP contribution in [0.2, 0.25) is 0 Å². The van der Waals surface area contributed by atoms with Gasteiger partial charge < -0.3 is 4.74 Å². The Hall–Kier alpha value is -1.61. The Bertz CT molecular complexity index is 503. The van der Waals surface area contributed by atoms with E-state index in [4.69, 9.17) is 4.74 Å². The Morgan fingerprint density at radius 2 is 2.22 bits per heavy atom. The molecule has 0 aliphatic rings. The van der Waals surface area contributed by atoms with Gasteiger partial charge in [0, 0.05) is 12.0 Å². The van der Waals surface area contributed by atoms with E-state index in [2.05, 4.69) is 11.4 Å². The van der Waals surface area contributed by atoms with Crippen molar-refractivity contribution in [2.45, 2.75) is 19.8 Å². The SMILES string of the molecule is CCOc1cccc(C(=O)CCc2ccsc2)c1. The van der Waals surface area contributed by atoms with Crippen LogP contribution >= 0.6 is 11.3 Å². The van der Waals surface area contributed by atoms with Gasteiger partial charge in [-0.25, -0.2) is 0 Å². The third-order valence-corrected chi connectivity index (χ3v) is 3.42. The zero-order valence-electron chi connectivity index (χ0n) is 10.4. The number of benzene rings is 1. The van der Waals surface area contributed by atoms with Crippen molar-refractivity contribution in [3.8, 4) is 5.75 Å². The lowest BCUT2D eigenvalue weighted by Crippen LogP contribution is -2.01. The summed E-state index contributed by atoms with van der Waals surface area (Å²) in [5.41, 5.74) is 1.96. The molecule has 1 aromatic heterocycles. The third-order valence-electron chi connectivity index (χ3n) is 2.69. The smallest absolute Gasteiger partial charge is 0.163 e. The highest BCUT2D eigenvalue weighted by atomic mass is 32.1. The summed E-state index contributed by atoms with van der Waals surface area (Å²) < 4.78 is 5.40. The standard InChI is InChI=1S/C15H16O2S/c1-2-17-14-5-3-4-13(10-14)15(16)7-6-12-8-9-18-11-12/h3-5,8-11H,2,6-7H2,1H3. The Morgan fingerprint density at radius 1 is 1.33 bits per heavy atom. The van der Waals surface area contributed by atoms with Crippen molar-refractivity contribution in [3.05, 3.63) is 52.2 Å². The highest BCUT2D eigenvalue weighted by molar-refractivity contribution is 7.07. The number of Topliss-reactive ketones (excluding diaryl/α,β-unsaturated/α-hetero) is 1. The van der Waals surface area contributed by atoms with Crippen molar-refractivity contribution in [3.63, 3.8) is 0 Å². The molecule has 0 saturated heterocycles. The van der Waals surface area contributed by atoms with E-state index in [0.717, 1.165) is 17.7 Å². The van der Waals surface area contributed by atoms with Crippen LogP contribution in [-0.2, 0) is 6.42 Å². The minimum atomic E-state index is 0.169. The molecule has 2 aromatic rings. The van der Waals surface area contributed by atoms with Gasteiger partial charge in [-0.15, -0.1) is 0 Å². The van der Waals surface area contributed by atoms with Crippen molar-refractivity contribution in [2.24, 2.45) is 0 Å². The average molecular weight is 260 g/mol. The quantitative estimate of drug-likeness (QED) is 0.735. The largest absolute Gasteiger partial charge is 0.494 e. The minimum absolute atomic E-state index is 0.169. The molecule has 2 rings (SSSR count). The highest BCUT2D eigenvalue weighted by Crippen LogP contribution is 2.16. The number of rotatable bonds is 6. The van der Waals surface area contributed by atoms with E-state index < -0.39 is 0 Å². The first-order valence-corrected chi connectivity index (χ1v) is 7.01. The fraction of sp³-hybridized carbons (Fsp3) is 0.267. The Morgan fingerprint density at radius 3 is 2.94 bits per heavy atom. The molecule has 94 valence electrons. The monoisotopic (exact) mass is 260 g/mol. The molecule has 0 saturated carbocycles.